The van der Waals surface area contributed by atoms with Gasteiger partial charge in [0.15, 0.2) is 5.75 Å². The zero-order valence-electron chi connectivity index (χ0n) is 15.7. The van der Waals surface area contributed by atoms with Crippen LogP contribution in [-0.2, 0) is 6.42 Å². The van der Waals surface area contributed by atoms with Gasteiger partial charge in [-0.1, -0.05) is 37.3 Å². The molecule has 27 heavy (non-hydrogen) atoms. The number of benzene rings is 1. The Labute approximate surface area is 159 Å². The topological polar surface area (TPSA) is 56.6 Å². The lowest BCUT2D eigenvalue weighted by Crippen LogP contribution is -2.33. The fourth-order valence-electron chi connectivity index (χ4n) is 5.02. The predicted octanol–water partition coefficient (Wildman–Crippen LogP) is 3.35. The highest BCUT2D eigenvalue weighted by Crippen LogP contribution is 2.45. The van der Waals surface area contributed by atoms with Gasteiger partial charge >= 0.3 is 0 Å². The summed E-state index contributed by atoms with van der Waals surface area (Å²) in [6.07, 6.45) is 2.43. The molecular weight excluding hydrogens is 343 g/mol. The zero-order chi connectivity index (χ0) is 19.0. The molecule has 144 valence electrons. The molecule has 2 heterocycles. The molecule has 1 aromatic heterocycles. The van der Waals surface area contributed by atoms with Crippen LogP contribution in [-0.4, -0.2) is 45.3 Å². The van der Waals surface area contributed by atoms with E-state index in [1.54, 1.807) is 6.07 Å². The monoisotopic (exact) mass is 370 g/mol. The molecule has 4 rings (SSSR count). The van der Waals surface area contributed by atoms with E-state index in [2.05, 4.69) is 22.0 Å². The van der Waals surface area contributed by atoms with Gasteiger partial charge in [-0.2, -0.15) is 4.39 Å². The van der Waals surface area contributed by atoms with Gasteiger partial charge in [0.2, 0.25) is 0 Å². The summed E-state index contributed by atoms with van der Waals surface area (Å²) in [5, 5.41) is 20.4. The van der Waals surface area contributed by atoms with Crippen molar-refractivity contribution in [2.45, 2.75) is 37.7 Å². The molecule has 4 atom stereocenters. The van der Waals surface area contributed by atoms with E-state index in [9.17, 15) is 14.6 Å². The summed E-state index contributed by atoms with van der Waals surface area (Å²) in [5.74, 6) is -0.0593. The molecule has 2 fully saturated rings. The van der Waals surface area contributed by atoms with Gasteiger partial charge in [0, 0.05) is 37.7 Å². The van der Waals surface area contributed by atoms with Crippen molar-refractivity contribution in [1.29, 1.82) is 0 Å². The number of fused-ring (bicyclic) bond motifs is 1. The minimum atomic E-state index is -0.802. The molecule has 0 spiro atoms. The zero-order valence-corrected chi connectivity index (χ0v) is 15.7. The Morgan fingerprint density at radius 2 is 1.81 bits per heavy atom. The number of rotatable bonds is 5. The number of hydrogen-bond donors (Lipinski definition) is 2. The quantitative estimate of drug-likeness (QED) is 0.793. The fraction of sp³-hybridized carbons (Fsp3) is 0.500. The Bertz CT molecular complexity index is 784. The van der Waals surface area contributed by atoms with Crippen molar-refractivity contribution in [3.05, 3.63) is 59.7 Å². The van der Waals surface area contributed by atoms with Crippen LogP contribution < -0.4 is 0 Å². The molecule has 1 saturated carbocycles. The average molecular weight is 370 g/mol. The first-order valence-corrected chi connectivity index (χ1v) is 9.76. The molecule has 0 bridgehead atoms. The maximum atomic E-state index is 13.5. The summed E-state index contributed by atoms with van der Waals surface area (Å²) in [6, 6.07) is 13.3. The summed E-state index contributed by atoms with van der Waals surface area (Å²) in [5.41, 5.74) is 1.28. The first-order chi connectivity index (χ1) is 12.9. The lowest BCUT2D eigenvalue weighted by Gasteiger charge is -2.27. The molecule has 0 radical (unpaired) electrons. The smallest absolute Gasteiger partial charge is 0.255 e. The summed E-state index contributed by atoms with van der Waals surface area (Å²) in [7, 11) is 0. The highest BCUT2D eigenvalue weighted by atomic mass is 19.1. The van der Waals surface area contributed by atoms with Gasteiger partial charge in [-0.25, -0.2) is 4.98 Å². The maximum absolute atomic E-state index is 13.5. The van der Waals surface area contributed by atoms with Crippen molar-refractivity contribution < 1.29 is 14.6 Å². The van der Waals surface area contributed by atoms with Crippen LogP contribution in [0.2, 0.25) is 0 Å². The third kappa shape index (κ3) is 3.99. The van der Waals surface area contributed by atoms with Crippen LogP contribution in [0.4, 0.5) is 4.39 Å². The number of pyridine rings is 1. The average Bonchev–Trinajstić information content (AvgIpc) is 3.11. The van der Waals surface area contributed by atoms with Crippen LogP contribution in [0, 0.1) is 17.8 Å². The summed E-state index contributed by atoms with van der Waals surface area (Å²) in [4.78, 5) is 6.28. The van der Waals surface area contributed by atoms with Crippen molar-refractivity contribution in [2.75, 3.05) is 19.6 Å². The van der Waals surface area contributed by atoms with Gasteiger partial charge in [0.25, 0.3) is 5.95 Å². The second-order valence-corrected chi connectivity index (χ2v) is 8.48. The van der Waals surface area contributed by atoms with Crippen molar-refractivity contribution >= 4 is 0 Å². The minimum Gasteiger partial charge on any atom is -0.504 e. The molecule has 2 aliphatic rings. The van der Waals surface area contributed by atoms with Crippen LogP contribution in [0.5, 0.6) is 5.75 Å². The first-order valence-electron chi connectivity index (χ1n) is 9.76. The van der Waals surface area contributed by atoms with Crippen LogP contribution in [0.25, 0.3) is 0 Å². The van der Waals surface area contributed by atoms with Crippen molar-refractivity contribution in [2.24, 2.45) is 11.8 Å². The number of halogens is 1. The number of hydrogen-bond acceptors (Lipinski definition) is 4. The Kier molecular flexibility index (Phi) is 4.91. The van der Waals surface area contributed by atoms with Crippen LogP contribution in [0.1, 0.15) is 36.9 Å². The molecule has 1 unspecified atom stereocenters. The molecule has 0 amide bonds. The van der Waals surface area contributed by atoms with Crippen molar-refractivity contribution in [1.82, 2.24) is 9.88 Å². The summed E-state index contributed by atoms with van der Waals surface area (Å²) in [6.45, 7) is 4.82. The van der Waals surface area contributed by atoms with Gasteiger partial charge in [0.05, 0.1) is 5.60 Å². The van der Waals surface area contributed by atoms with E-state index in [4.69, 9.17) is 0 Å². The largest absolute Gasteiger partial charge is 0.504 e. The van der Waals surface area contributed by atoms with Gasteiger partial charge in [-0.15, -0.1) is 0 Å². The minimum absolute atomic E-state index is 0.0992. The fourth-order valence-corrected chi connectivity index (χ4v) is 5.02. The van der Waals surface area contributed by atoms with Crippen LogP contribution >= 0.6 is 0 Å². The first kappa shape index (κ1) is 18.4. The van der Waals surface area contributed by atoms with E-state index >= 15 is 0 Å². The molecule has 1 saturated heterocycles. The predicted molar refractivity (Wildman–Crippen MR) is 102 cm³/mol. The highest BCUT2D eigenvalue weighted by molar-refractivity contribution is 5.22. The van der Waals surface area contributed by atoms with E-state index in [1.807, 2.05) is 25.1 Å². The van der Waals surface area contributed by atoms with Crippen molar-refractivity contribution in [3.8, 4) is 5.75 Å². The SMILES string of the molecule is CC(CN1C[C@@H]2C[C@@](O)(Cc3ccccc3)C[C@@H]2C1)c1ccc(O)c(F)n1. The molecule has 1 aliphatic carbocycles. The van der Waals surface area contributed by atoms with Gasteiger partial charge in [-0.3, -0.25) is 0 Å². The molecule has 5 heteroatoms. The van der Waals surface area contributed by atoms with E-state index in [1.165, 1.54) is 11.6 Å². The van der Waals surface area contributed by atoms with Crippen LogP contribution in [0.3, 0.4) is 0 Å². The second-order valence-electron chi connectivity index (χ2n) is 8.48. The lowest BCUT2D eigenvalue weighted by molar-refractivity contribution is 0.0353. The third-order valence-electron chi connectivity index (χ3n) is 6.20. The molecule has 1 aromatic carbocycles. The number of aliphatic hydroxyl groups is 1. The van der Waals surface area contributed by atoms with E-state index in [-0.39, 0.29) is 5.92 Å². The Hall–Kier alpha value is -1.98. The molecule has 1 aliphatic heterocycles. The van der Waals surface area contributed by atoms with Gasteiger partial charge in [0.1, 0.15) is 0 Å². The molecule has 2 N–H and O–H groups in total. The number of nitrogens with zero attached hydrogens (tertiary/aromatic N) is 2. The van der Waals surface area contributed by atoms with E-state index in [0.29, 0.717) is 17.5 Å². The summed E-state index contributed by atoms with van der Waals surface area (Å²) >= 11 is 0. The number of aromatic hydroxyl groups is 1. The Balaban J connectivity index is 1.33. The number of aromatic nitrogens is 1. The second kappa shape index (κ2) is 7.21. The molecular formula is C22H27FN2O2. The Morgan fingerprint density at radius 1 is 1.15 bits per heavy atom. The Morgan fingerprint density at radius 3 is 2.44 bits per heavy atom. The maximum Gasteiger partial charge on any atom is 0.255 e. The highest BCUT2D eigenvalue weighted by Gasteiger charge is 2.48. The number of likely N-dealkylation sites (tertiary alicyclic amines) is 1. The third-order valence-corrected chi connectivity index (χ3v) is 6.20. The standard InChI is InChI=1S/C22H27FN2O2/c1-15(19-7-8-20(26)21(23)24-19)12-25-13-17-10-22(27,11-18(17)14-25)9-16-5-3-2-4-6-16/h2-8,15,17-18,26-27H,9-14H2,1H3/t15?,17-,18+,22-. The van der Waals surface area contributed by atoms with Gasteiger partial charge < -0.3 is 15.1 Å². The van der Waals surface area contributed by atoms with Crippen molar-refractivity contribution in [3.63, 3.8) is 0 Å². The molecule has 4 nitrogen and oxygen atoms in total. The normalized spacial score (nSPS) is 29.0. The van der Waals surface area contributed by atoms with Crippen LogP contribution in [0.15, 0.2) is 42.5 Å². The van der Waals surface area contributed by atoms with E-state index in [0.717, 1.165) is 38.9 Å². The summed E-state index contributed by atoms with van der Waals surface area (Å²) < 4.78 is 13.5. The van der Waals surface area contributed by atoms with E-state index < -0.39 is 17.3 Å². The molecule has 2 aromatic rings. The van der Waals surface area contributed by atoms with Gasteiger partial charge in [-0.05, 0) is 42.4 Å². The lowest BCUT2D eigenvalue weighted by atomic mass is 9.91.